The van der Waals surface area contributed by atoms with Crippen LogP contribution in [0.15, 0.2) is 24.3 Å². The van der Waals surface area contributed by atoms with Crippen molar-refractivity contribution < 1.29 is 9.53 Å². The Morgan fingerprint density at radius 1 is 1.27 bits per heavy atom. The van der Waals surface area contributed by atoms with Crippen molar-refractivity contribution in [2.45, 2.75) is 57.6 Å². The molecule has 0 radical (unpaired) electrons. The second-order valence-corrected chi connectivity index (χ2v) is 6.17. The molecule has 1 fully saturated rings. The summed E-state index contributed by atoms with van der Waals surface area (Å²) in [5.74, 6) is 0.782. The van der Waals surface area contributed by atoms with E-state index in [9.17, 15) is 4.79 Å². The summed E-state index contributed by atoms with van der Waals surface area (Å²) in [7, 11) is 0. The molecule has 4 nitrogen and oxygen atoms in total. The molecule has 1 aromatic rings. The lowest BCUT2D eigenvalue weighted by Gasteiger charge is -2.32. The number of nitrogens with one attached hydrogen (secondary N) is 1. The maximum Gasteiger partial charge on any atom is 0.240 e. The van der Waals surface area contributed by atoms with Crippen molar-refractivity contribution in [3.63, 3.8) is 0 Å². The second kappa shape index (κ2) is 8.39. The third kappa shape index (κ3) is 5.18. The summed E-state index contributed by atoms with van der Waals surface area (Å²) in [6.07, 6.45) is 4.75. The molecule has 2 rings (SSSR count). The van der Waals surface area contributed by atoms with Crippen LogP contribution in [0.4, 0.5) is 0 Å². The molecule has 0 aromatic heterocycles. The van der Waals surface area contributed by atoms with Crippen LogP contribution in [0.1, 0.15) is 44.6 Å². The lowest BCUT2D eigenvalue weighted by molar-refractivity contribution is -0.127. The Hall–Kier alpha value is -1.26. The second-order valence-electron chi connectivity index (χ2n) is 6.17. The van der Waals surface area contributed by atoms with Gasteiger partial charge in [-0.3, -0.25) is 4.79 Å². The van der Waals surface area contributed by atoms with Gasteiger partial charge in [0.05, 0.1) is 12.1 Å². The Bertz CT molecular complexity index is 470. The number of hydrogen-bond acceptors (Lipinski definition) is 3. The highest BCUT2D eigenvalue weighted by molar-refractivity contribution is 5.86. The van der Waals surface area contributed by atoms with Gasteiger partial charge in [-0.05, 0) is 38.8 Å². The highest BCUT2D eigenvalue weighted by atomic mass is 35.5. The summed E-state index contributed by atoms with van der Waals surface area (Å²) in [5, 5.41) is 2.94. The number of halogens is 1. The zero-order valence-electron chi connectivity index (χ0n) is 13.4. The van der Waals surface area contributed by atoms with Gasteiger partial charge in [0.2, 0.25) is 5.91 Å². The molecule has 0 saturated heterocycles. The first-order valence-corrected chi connectivity index (χ1v) is 7.80. The molecule has 0 spiro atoms. The van der Waals surface area contributed by atoms with Crippen molar-refractivity contribution in [2.75, 3.05) is 6.54 Å². The molecule has 1 aliphatic rings. The van der Waals surface area contributed by atoms with Crippen LogP contribution in [-0.4, -0.2) is 24.1 Å². The molecular weight excluding hydrogens is 300 g/mol. The van der Waals surface area contributed by atoms with E-state index in [-0.39, 0.29) is 24.4 Å². The number of ether oxygens (including phenoxy) is 1. The Kier molecular flexibility index (Phi) is 7.17. The van der Waals surface area contributed by atoms with Crippen molar-refractivity contribution in [1.29, 1.82) is 0 Å². The summed E-state index contributed by atoms with van der Waals surface area (Å²) >= 11 is 0. The predicted molar refractivity (Wildman–Crippen MR) is 91.5 cm³/mol. The van der Waals surface area contributed by atoms with Crippen molar-refractivity contribution in [2.24, 2.45) is 5.73 Å². The smallest absolute Gasteiger partial charge is 0.240 e. The van der Waals surface area contributed by atoms with E-state index in [1.165, 1.54) is 12.0 Å². The molecule has 124 valence electrons. The van der Waals surface area contributed by atoms with Crippen molar-refractivity contribution >= 4 is 18.3 Å². The van der Waals surface area contributed by atoms with Crippen molar-refractivity contribution in [1.82, 2.24) is 5.32 Å². The number of benzene rings is 1. The summed E-state index contributed by atoms with van der Waals surface area (Å²) in [6.45, 7) is 4.47. The first-order valence-electron chi connectivity index (χ1n) is 7.80. The molecule has 22 heavy (non-hydrogen) atoms. The zero-order chi connectivity index (χ0) is 15.3. The monoisotopic (exact) mass is 326 g/mol. The van der Waals surface area contributed by atoms with Gasteiger partial charge in [0.1, 0.15) is 11.9 Å². The minimum atomic E-state index is -0.679. The molecule has 0 aliphatic heterocycles. The third-order valence-electron chi connectivity index (χ3n) is 4.11. The molecule has 0 bridgehead atoms. The van der Waals surface area contributed by atoms with Gasteiger partial charge in [0.25, 0.3) is 0 Å². The lowest BCUT2D eigenvalue weighted by atomic mass is 9.82. The zero-order valence-corrected chi connectivity index (χ0v) is 14.2. The van der Waals surface area contributed by atoms with Gasteiger partial charge >= 0.3 is 0 Å². The van der Waals surface area contributed by atoms with E-state index in [4.69, 9.17) is 10.5 Å². The summed E-state index contributed by atoms with van der Waals surface area (Å²) < 4.78 is 5.78. The van der Waals surface area contributed by atoms with Crippen LogP contribution in [0.5, 0.6) is 5.75 Å². The van der Waals surface area contributed by atoms with Gasteiger partial charge in [-0.1, -0.05) is 37.0 Å². The Balaban J connectivity index is 0.00000242. The fourth-order valence-corrected chi connectivity index (χ4v) is 2.71. The molecule has 1 aromatic carbocycles. The molecule has 1 aliphatic carbocycles. The molecule has 1 amide bonds. The number of carbonyl (C=O) groups is 1. The van der Waals surface area contributed by atoms with Gasteiger partial charge < -0.3 is 15.8 Å². The normalized spacial score (nSPS) is 18.0. The average molecular weight is 327 g/mol. The SMILES string of the molecule is Cc1ccc(OC(C)CNC(=O)C2(N)CCCCC2)cc1.Cl. The first kappa shape index (κ1) is 18.8. The Morgan fingerprint density at radius 2 is 1.86 bits per heavy atom. The van der Waals surface area contributed by atoms with E-state index in [0.29, 0.717) is 6.54 Å². The number of nitrogens with two attached hydrogens (primary N) is 1. The predicted octanol–water partition coefficient (Wildman–Crippen LogP) is 2.96. The number of carbonyl (C=O) groups excluding carboxylic acids is 1. The standard InChI is InChI=1S/C17H26N2O2.ClH/c1-13-6-8-15(9-7-13)21-14(2)12-19-16(20)17(18)10-4-3-5-11-17;/h6-9,14H,3-5,10-12,18H2,1-2H3,(H,19,20);1H. The fraction of sp³-hybridized carbons (Fsp3) is 0.588. The number of hydrogen-bond donors (Lipinski definition) is 2. The molecule has 1 unspecified atom stereocenters. The van der Waals surface area contributed by atoms with E-state index < -0.39 is 5.54 Å². The topological polar surface area (TPSA) is 64.3 Å². The lowest BCUT2D eigenvalue weighted by Crippen LogP contribution is -2.56. The van der Waals surface area contributed by atoms with E-state index in [1.807, 2.05) is 38.1 Å². The van der Waals surface area contributed by atoms with Gasteiger partial charge in [-0.15, -0.1) is 12.4 Å². The van der Waals surface area contributed by atoms with E-state index in [1.54, 1.807) is 0 Å². The highest BCUT2D eigenvalue weighted by Gasteiger charge is 2.35. The molecule has 0 heterocycles. The van der Waals surface area contributed by atoms with Crippen LogP contribution in [0.2, 0.25) is 0 Å². The van der Waals surface area contributed by atoms with E-state index in [2.05, 4.69) is 5.32 Å². The minimum Gasteiger partial charge on any atom is -0.489 e. The Labute approximate surface area is 139 Å². The molecule has 1 saturated carbocycles. The summed E-state index contributed by atoms with van der Waals surface area (Å²) in [4.78, 5) is 12.2. The Morgan fingerprint density at radius 3 is 2.45 bits per heavy atom. The van der Waals surface area contributed by atoms with Crippen LogP contribution in [0.3, 0.4) is 0 Å². The van der Waals surface area contributed by atoms with Crippen molar-refractivity contribution in [3.8, 4) is 5.75 Å². The summed E-state index contributed by atoms with van der Waals surface area (Å²) in [6, 6.07) is 7.91. The van der Waals surface area contributed by atoms with Gasteiger partial charge in [-0.2, -0.15) is 0 Å². The maximum atomic E-state index is 12.2. The van der Waals surface area contributed by atoms with Crippen LogP contribution in [-0.2, 0) is 4.79 Å². The highest BCUT2D eigenvalue weighted by Crippen LogP contribution is 2.25. The number of rotatable bonds is 5. The third-order valence-corrected chi connectivity index (χ3v) is 4.11. The fourth-order valence-electron chi connectivity index (χ4n) is 2.71. The van der Waals surface area contributed by atoms with Crippen molar-refractivity contribution in [3.05, 3.63) is 29.8 Å². The summed E-state index contributed by atoms with van der Waals surface area (Å²) in [5.41, 5.74) is 6.73. The quantitative estimate of drug-likeness (QED) is 0.874. The van der Waals surface area contributed by atoms with E-state index in [0.717, 1.165) is 31.4 Å². The number of aryl methyl sites for hydroxylation is 1. The largest absolute Gasteiger partial charge is 0.489 e. The molecule has 1 atom stereocenters. The van der Waals surface area contributed by atoms with Gasteiger partial charge in [-0.25, -0.2) is 0 Å². The molecule has 5 heteroatoms. The van der Waals surface area contributed by atoms with Crippen LogP contribution < -0.4 is 15.8 Å². The average Bonchev–Trinajstić information content (AvgIpc) is 2.48. The number of amides is 1. The maximum absolute atomic E-state index is 12.2. The molecular formula is C17H27ClN2O2. The minimum absolute atomic E-state index is 0. The molecule has 3 N–H and O–H groups in total. The first-order chi connectivity index (χ1) is 9.99. The van der Waals surface area contributed by atoms with Crippen LogP contribution >= 0.6 is 12.4 Å². The van der Waals surface area contributed by atoms with Crippen LogP contribution in [0.25, 0.3) is 0 Å². The van der Waals surface area contributed by atoms with E-state index >= 15 is 0 Å². The van der Waals surface area contributed by atoms with Gasteiger partial charge in [0, 0.05) is 0 Å². The van der Waals surface area contributed by atoms with Crippen LogP contribution in [0, 0.1) is 6.92 Å². The van der Waals surface area contributed by atoms with Gasteiger partial charge in [0.15, 0.2) is 0 Å².